The van der Waals surface area contributed by atoms with Crippen LogP contribution >= 0.6 is 0 Å². The van der Waals surface area contributed by atoms with E-state index in [9.17, 15) is 8.78 Å². The first-order valence-electron chi connectivity index (χ1n) is 9.21. The SMILES string of the molecule is C[C@@H](Nc1ncc2cc(-c3ncnc4[nH]ncc34)ccc2n1)c1ccc(F)c(F)c1. The molecule has 0 bridgehead atoms. The second-order valence-corrected chi connectivity index (χ2v) is 6.86. The molecule has 3 aromatic heterocycles. The number of nitrogens with one attached hydrogen (secondary N) is 2. The summed E-state index contributed by atoms with van der Waals surface area (Å²) < 4.78 is 26.6. The molecule has 1 atom stereocenters. The maximum Gasteiger partial charge on any atom is 0.223 e. The van der Waals surface area contributed by atoms with Crippen LogP contribution in [0.5, 0.6) is 0 Å². The number of nitrogens with zero attached hydrogens (tertiary/aromatic N) is 5. The van der Waals surface area contributed by atoms with Crippen molar-refractivity contribution in [3.8, 4) is 11.3 Å². The Kier molecular flexibility index (Phi) is 4.27. The highest BCUT2D eigenvalue weighted by Crippen LogP contribution is 2.27. The summed E-state index contributed by atoms with van der Waals surface area (Å²) in [5.41, 5.74) is 3.68. The van der Waals surface area contributed by atoms with Crippen LogP contribution in [0.15, 0.2) is 55.1 Å². The van der Waals surface area contributed by atoms with Crippen molar-refractivity contribution in [3.63, 3.8) is 0 Å². The molecule has 0 radical (unpaired) electrons. The Hall–Kier alpha value is -4.01. The number of H-pyrrole nitrogens is 1. The highest BCUT2D eigenvalue weighted by atomic mass is 19.2. The number of fused-ring (bicyclic) bond motifs is 2. The Morgan fingerprint density at radius 3 is 2.73 bits per heavy atom. The minimum atomic E-state index is -0.885. The Morgan fingerprint density at radius 1 is 0.967 bits per heavy atom. The van der Waals surface area contributed by atoms with Gasteiger partial charge in [0.2, 0.25) is 5.95 Å². The molecule has 0 saturated heterocycles. The summed E-state index contributed by atoms with van der Waals surface area (Å²) in [6.45, 7) is 1.83. The topological polar surface area (TPSA) is 92.3 Å². The van der Waals surface area contributed by atoms with Gasteiger partial charge in [0.05, 0.1) is 28.8 Å². The van der Waals surface area contributed by atoms with E-state index < -0.39 is 11.6 Å². The van der Waals surface area contributed by atoms with Gasteiger partial charge in [0.25, 0.3) is 0 Å². The Labute approximate surface area is 169 Å². The van der Waals surface area contributed by atoms with E-state index in [0.29, 0.717) is 17.2 Å². The molecule has 5 aromatic rings. The molecule has 7 nitrogen and oxygen atoms in total. The third-order valence-corrected chi connectivity index (χ3v) is 4.89. The van der Waals surface area contributed by atoms with Gasteiger partial charge in [-0.3, -0.25) is 5.10 Å². The molecule has 0 unspecified atom stereocenters. The van der Waals surface area contributed by atoms with Crippen LogP contribution in [0.2, 0.25) is 0 Å². The highest BCUT2D eigenvalue weighted by Gasteiger charge is 2.12. The second-order valence-electron chi connectivity index (χ2n) is 6.86. The number of hydrogen-bond acceptors (Lipinski definition) is 6. The minimum Gasteiger partial charge on any atom is -0.348 e. The Bertz CT molecular complexity index is 1380. The maximum atomic E-state index is 13.5. The predicted octanol–water partition coefficient (Wildman–Crippen LogP) is 4.41. The number of anilines is 1. The van der Waals surface area contributed by atoms with E-state index in [1.165, 1.54) is 18.5 Å². The van der Waals surface area contributed by atoms with Crippen LogP contribution in [0.3, 0.4) is 0 Å². The quantitative estimate of drug-likeness (QED) is 0.462. The van der Waals surface area contributed by atoms with Crippen molar-refractivity contribution in [2.24, 2.45) is 0 Å². The van der Waals surface area contributed by atoms with Crippen molar-refractivity contribution in [1.82, 2.24) is 30.1 Å². The molecule has 148 valence electrons. The zero-order chi connectivity index (χ0) is 20.7. The van der Waals surface area contributed by atoms with Gasteiger partial charge in [-0.05, 0) is 36.8 Å². The fraction of sp³-hybridized carbons (Fsp3) is 0.0952. The van der Waals surface area contributed by atoms with Gasteiger partial charge >= 0.3 is 0 Å². The van der Waals surface area contributed by atoms with E-state index in [1.54, 1.807) is 12.4 Å². The molecule has 0 amide bonds. The molecule has 2 aromatic carbocycles. The Morgan fingerprint density at radius 2 is 1.87 bits per heavy atom. The summed E-state index contributed by atoms with van der Waals surface area (Å²) in [6.07, 6.45) is 4.89. The van der Waals surface area contributed by atoms with Crippen molar-refractivity contribution in [1.29, 1.82) is 0 Å². The van der Waals surface area contributed by atoms with Crippen molar-refractivity contribution in [2.75, 3.05) is 5.32 Å². The first-order valence-corrected chi connectivity index (χ1v) is 9.21. The van der Waals surface area contributed by atoms with Gasteiger partial charge in [-0.25, -0.2) is 28.7 Å². The van der Waals surface area contributed by atoms with Gasteiger partial charge < -0.3 is 5.32 Å². The molecule has 0 aliphatic carbocycles. The monoisotopic (exact) mass is 403 g/mol. The van der Waals surface area contributed by atoms with Crippen molar-refractivity contribution < 1.29 is 8.78 Å². The van der Waals surface area contributed by atoms with Gasteiger partial charge in [0.15, 0.2) is 17.3 Å². The molecule has 0 spiro atoms. The smallest absolute Gasteiger partial charge is 0.223 e. The molecular formula is C21H15F2N7. The van der Waals surface area contributed by atoms with E-state index in [2.05, 4.69) is 35.5 Å². The van der Waals surface area contributed by atoms with Crippen LogP contribution < -0.4 is 5.32 Å². The van der Waals surface area contributed by atoms with Crippen molar-refractivity contribution in [2.45, 2.75) is 13.0 Å². The molecule has 0 fully saturated rings. The molecular weight excluding hydrogens is 388 g/mol. The van der Waals surface area contributed by atoms with E-state index in [0.717, 1.165) is 33.6 Å². The van der Waals surface area contributed by atoms with Crippen molar-refractivity contribution >= 4 is 27.9 Å². The maximum absolute atomic E-state index is 13.5. The average Bonchev–Trinajstić information content (AvgIpc) is 3.24. The predicted molar refractivity (Wildman–Crippen MR) is 109 cm³/mol. The minimum absolute atomic E-state index is 0.299. The second kappa shape index (κ2) is 7.11. The summed E-state index contributed by atoms with van der Waals surface area (Å²) in [7, 11) is 0. The van der Waals surface area contributed by atoms with Gasteiger partial charge in [-0.15, -0.1) is 0 Å². The summed E-state index contributed by atoms with van der Waals surface area (Å²) in [5.74, 6) is -1.36. The summed E-state index contributed by atoms with van der Waals surface area (Å²) in [6, 6.07) is 9.26. The fourth-order valence-electron chi connectivity index (χ4n) is 3.30. The molecule has 9 heteroatoms. The van der Waals surface area contributed by atoms with E-state index >= 15 is 0 Å². The molecule has 3 heterocycles. The largest absolute Gasteiger partial charge is 0.348 e. The van der Waals surface area contributed by atoms with E-state index in [-0.39, 0.29) is 6.04 Å². The summed E-state index contributed by atoms with van der Waals surface area (Å²) >= 11 is 0. The molecule has 5 rings (SSSR count). The van der Waals surface area contributed by atoms with Crippen LogP contribution in [0.4, 0.5) is 14.7 Å². The van der Waals surface area contributed by atoms with Gasteiger partial charge in [-0.1, -0.05) is 12.1 Å². The summed E-state index contributed by atoms with van der Waals surface area (Å²) in [5, 5.41) is 11.6. The molecule has 2 N–H and O–H groups in total. The van der Waals surface area contributed by atoms with Crippen LogP contribution in [0.1, 0.15) is 18.5 Å². The van der Waals surface area contributed by atoms with Crippen LogP contribution in [-0.4, -0.2) is 30.1 Å². The number of aromatic amines is 1. The molecule has 0 aliphatic heterocycles. The van der Waals surface area contributed by atoms with E-state index in [1.807, 2.05) is 25.1 Å². The number of benzene rings is 2. The zero-order valence-corrected chi connectivity index (χ0v) is 15.8. The lowest BCUT2D eigenvalue weighted by Gasteiger charge is -2.15. The normalized spacial score (nSPS) is 12.4. The molecule has 0 aliphatic rings. The lowest BCUT2D eigenvalue weighted by molar-refractivity contribution is 0.506. The first-order chi connectivity index (χ1) is 14.6. The zero-order valence-electron chi connectivity index (χ0n) is 15.8. The highest BCUT2D eigenvalue weighted by molar-refractivity contribution is 5.93. The van der Waals surface area contributed by atoms with Gasteiger partial charge in [-0.2, -0.15) is 5.10 Å². The number of hydrogen-bond donors (Lipinski definition) is 2. The number of halogens is 2. The number of rotatable bonds is 4. The lowest BCUT2D eigenvalue weighted by Crippen LogP contribution is -2.10. The number of aromatic nitrogens is 6. The average molecular weight is 403 g/mol. The third kappa shape index (κ3) is 3.20. The molecule has 0 saturated carbocycles. The molecule has 30 heavy (non-hydrogen) atoms. The fourth-order valence-corrected chi connectivity index (χ4v) is 3.30. The standard InChI is InChI=1S/C21H15F2N7/c1-11(12-2-4-16(22)17(23)7-12)28-21-24-8-14-6-13(3-5-18(14)29-21)19-15-9-27-30-20(15)26-10-25-19/h2-11H,1H3,(H,24,28,29)(H,25,26,27,30)/t11-/m1/s1. The summed E-state index contributed by atoms with van der Waals surface area (Å²) in [4.78, 5) is 17.4. The van der Waals surface area contributed by atoms with Crippen LogP contribution in [-0.2, 0) is 0 Å². The lowest BCUT2D eigenvalue weighted by atomic mass is 10.1. The first kappa shape index (κ1) is 18.0. The van der Waals surface area contributed by atoms with Gasteiger partial charge in [0, 0.05) is 17.1 Å². The van der Waals surface area contributed by atoms with Crippen LogP contribution in [0, 0.1) is 11.6 Å². The van der Waals surface area contributed by atoms with Crippen molar-refractivity contribution in [3.05, 3.63) is 72.3 Å². The van der Waals surface area contributed by atoms with Gasteiger partial charge in [0.1, 0.15) is 6.33 Å². The van der Waals surface area contributed by atoms with Crippen LogP contribution in [0.25, 0.3) is 33.2 Å². The third-order valence-electron chi connectivity index (χ3n) is 4.89. The Balaban J connectivity index is 1.44. The van der Waals surface area contributed by atoms with E-state index in [4.69, 9.17) is 0 Å².